The fourth-order valence-electron chi connectivity index (χ4n) is 3.26. The van der Waals surface area contributed by atoms with E-state index in [2.05, 4.69) is 0 Å². The van der Waals surface area contributed by atoms with Crippen LogP contribution in [0.3, 0.4) is 0 Å². The van der Waals surface area contributed by atoms with Crippen LogP contribution in [0.1, 0.15) is 25.7 Å². The molecule has 2 amide bonds. The Morgan fingerprint density at radius 3 is 1.83 bits per heavy atom. The Morgan fingerprint density at radius 1 is 0.708 bits per heavy atom. The number of hydrogen-bond acceptors (Lipinski definition) is 3. The number of hydrogen-bond donors (Lipinski definition) is 0. The maximum absolute atomic E-state index is 12.5. The summed E-state index contributed by atoms with van der Waals surface area (Å²) in [6.45, 7) is 0. The number of anilines is 1. The van der Waals surface area contributed by atoms with E-state index in [1.54, 1.807) is 24.3 Å². The SMILES string of the molecule is O=C1C2=C(CCCC2)C(=O)N1c1ccc(Oc2ccccc2)cc1. The van der Waals surface area contributed by atoms with Crippen LogP contribution in [-0.4, -0.2) is 11.8 Å². The zero-order valence-corrected chi connectivity index (χ0v) is 13.2. The van der Waals surface area contributed by atoms with Gasteiger partial charge in [0.25, 0.3) is 11.8 Å². The molecule has 2 aliphatic rings. The molecule has 0 aromatic heterocycles. The van der Waals surface area contributed by atoms with Gasteiger partial charge in [-0.3, -0.25) is 9.59 Å². The molecule has 120 valence electrons. The first-order valence-electron chi connectivity index (χ1n) is 8.18. The highest BCUT2D eigenvalue weighted by molar-refractivity contribution is 6.33. The van der Waals surface area contributed by atoms with Crippen LogP contribution in [0.25, 0.3) is 0 Å². The van der Waals surface area contributed by atoms with Crippen molar-refractivity contribution in [2.24, 2.45) is 0 Å². The van der Waals surface area contributed by atoms with Gasteiger partial charge in [0, 0.05) is 11.1 Å². The molecule has 4 heteroatoms. The Kier molecular flexibility index (Phi) is 3.65. The van der Waals surface area contributed by atoms with Crippen molar-refractivity contribution in [3.8, 4) is 11.5 Å². The molecule has 0 fully saturated rings. The highest BCUT2D eigenvalue weighted by Gasteiger charge is 2.39. The Morgan fingerprint density at radius 2 is 1.25 bits per heavy atom. The monoisotopic (exact) mass is 319 g/mol. The summed E-state index contributed by atoms with van der Waals surface area (Å²) in [6, 6.07) is 16.6. The van der Waals surface area contributed by atoms with Crippen molar-refractivity contribution in [2.45, 2.75) is 25.7 Å². The van der Waals surface area contributed by atoms with Crippen LogP contribution < -0.4 is 9.64 Å². The molecular formula is C20H17NO3. The number of ether oxygens (including phenoxy) is 1. The van der Waals surface area contributed by atoms with Crippen molar-refractivity contribution >= 4 is 17.5 Å². The summed E-state index contributed by atoms with van der Waals surface area (Å²) in [7, 11) is 0. The van der Waals surface area contributed by atoms with Gasteiger partial charge in [-0.15, -0.1) is 0 Å². The van der Waals surface area contributed by atoms with Crippen LogP contribution in [0.2, 0.25) is 0 Å². The van der Waals surface area contributed by atoms with E-state index in [4.69, 9.17) is 4.74 Å². The average molecular weight is 319 g/mol. The molecule has 2 aromatic carbocycles. The predicted octanol–water partition coefficient (Wildman–Crippen LogP) is 4.22. The molecule has 1 aliphatic heterocycles. The van der Waals surface area contributed by atoms with Crippen molar-refractivity contribution in [3.63, 3.8) is 0 Å². The third-order valence-corrected chi connectivity index (χ3v) is 4.46. The fraction of sp³-hybridized carbons (Fsp3) is 0.200. The summed E-state index contributed by atoms with van der Waals surface area (Å²) in [5, 5.41) is 0. The second kappa shape index (κ2) is 5.96. The van der Waals surface area contributed by atoms with Crippen LogP contribution >= 0.6 is 0 Å². The highest BCUT2D eigenvalue weighted by atomic mass is 16.5. The second-order valence-electron chi connectivity index (χ2n) is 6.02. The van der Waals surface area contributed by atoms with E-state index in [0.717, 1.165) is 18.6 Å². The molecule has 1 heterocycles. The lowest BCUT2D eigenvalue weighted by molar-refractivity contribution is -0.120. The van der Waals surface area contributed by atoms with Gasteiger partial charge in [0.2, 0.25) is 0 Å². The first-order chi connectivity index (χ1) is 11.7. The number of imide groups is 1. The number of amides is 2. The van der Waals surface area contributed by atoms with Gasteiger partial charge in [0.1, 0.15) is 11.5 Å². The number of benzene rings is 2. The van der Waals surface area contributed by atoms with Crippen LogP contribution in [0.5, 0.6) is 11.5 Å². The van der Waals surface area contributed by atoms with Crippen LogP contribution in [-0.2, 0) is 9.59 Å². The zero-order valence-electron chi connectivity index (χ0n) is 13.2. The van der Waals surface area contributed by atoms with Crippen LogP contribution in [0, 0.1) is 0 Å². The van der Waals surface area contributed by atoms with Crippen molar-refractivity contribution in [1.29, 1.82) is 0 Å². The maximum Gasteiger partial charge on any atom is 0.261 e. The number of carbonyl (C=O) groups excluding carboxylic acids is 2. The summed E-state index contributed by atoms with van der Waals surface area (Å²) in [5.74, 6) is 1.09. The van der Waals surface area contributed by atoms with Gasteiger partial charge < -0.3 is 4.74 Å². The van der Waals surface area contributed by atoms with Gasteiger partial charge in [0.15, 0.2) is 0 Å². The van der Waals surface area contributed by atoms with E-state index < -0.39 is 0 Å². The molecule has 0 N–H and O–H groups in total. The maximum atomic E-state index is 12.5. The lowest BCUT2D eigenvalue weighted by atomic mass is 9.93. The van der Waals surface area contributed by atoms with Crippen molar-refractivity contribution in [1.82, 2.24) is 0 Å². The lowest BCUT2D eigenvalue weighted by Gasteiger charge is -2.15. The minimum absolute atomic E-state index is 0.161. The summed E-state index contributed by atoms with van der Waals surface area (Å²) in [5.41, 5.74) is 2.01. The second-order valence-corrected chi connectivity index (χ2v) is 6.02. The van der Waals surface area contributed by atoms with E-state index in [0.29, 0.717) is 35.4 Å². The molecule has 0 saturated heterocycles. The lowest BCUT2D eigenvalue weighted by Crippen LogP contribution is -2.31. The van der Waals surface area contributed by atoms with E-state index >= 15 is 0 Å². The zero-order chi connectivity index (χ0) is 16.5. The molecule has 4 rings (SSSR count). The Labute approximate surface area is 140 Å². The predicted molar refractivity (Wildman–Crippen MR) is 90.9 cm³/mol. The fourth-order valence-corrected chi connectivity index (χ4v) is 3.26. The van der Waals surface area contributed by atoms with Crippen molar-refractivity contribution in [3.05, 3.63) is 65.7 Å². The highest BCUT2D eigenvalue weighted by Crippen LogP contribution is 2.36. The number of para-hydroxylation sites is 1. The smallest absolute Gasteiger partial charge is 0.261 e. The van der Waals surface area contributed by atoms with Gasteiger partial charge in [-0.2, -0.15) is 0 Å². The first-order valence-corrected chi connectivity index (χ1v) is 8.18. The largest absolute Gasteiger partial charge is 0.457 e. The minimum atomic E-state index is -0.161. The molecule has 1 aliphatic carbocycles. The Balaban J connectivity index is 1.55. The molecule has 0 atom stereocenters. The standard InChI is InChI=1S/C20H17NO3/c22-19-17-8-4-5-9-18(17)20(23)21(19)14-10-12-16(13-11-14)24-15-6-2-1-3-7-15/h1-3,6-7,10-13H,4-5,8-9H2. The summed E-state index contributed by atoms with van der Waals surface area (Å²) < 4.78 is 5.75. The van der Waals surface area contributed by atoms with E-state index in [-0.39, 0.29) is 11.8 Å². The Bertz CT molecular complexity index is 794. The first kappa shape index (κ1) is 14.7. The van der Waals surface area contributed by atoms with Gasteiger partial charge in [-0.05, 0) is 62.1 Å². The van der Waals surface area contributed by atoms with Crippen molar-refractivity contribution in [2.75, 3.05) is 4.90 Å². The van der Waals surface area contributed by atoms with E-state index in [1.165, 1.54) is 4.90 Å². The topological polar surface area (TPSA) is 46.6 Å². The molecule has 24 heavy (non-hydrogen) atoms. The van der Waals surface area contributed by atoms with Gasteiger partial charge in [-0.25, -0.2) is 4.90 Å². The summed E-state index contributed by atoms with van der Waals surface area (Å²) in [4.78, 5) is 26.4. The number of rotatable bonds is 3. The molecule has 2 aromatic rings. The third kappa shape index (κ3) is 2.50. The van der Waals surface area contributed by atoms with Gasteiger partial charge in [0.05, 0.1) is 5.69 Å². The van der Waals surface area contributed by atoms with Crippen molar-refractivity contribution < 1.29 is 14.3 Å². The van der Waals surface area contributed by atoms with E-state index in [1.807, 2.05) is 30.3 Å². The van der Waals surface area contributed by atoms with Crippen LogP contribution in [0.15, 0.2) is 65.7 Å². The van der Waals surface area contributed by atoms with Gasteiger partial charge >= 0.3 is 0 Å². The third-order valence-electron chi connectivity index (χ3n) is 4.46. The summed E-state index contributed by atoms with van der Waals surface area (Å²) >= 11 is 0. The average Bonchev–Trinajstić information content (AvgIpc) is 2.88. The summed E-state index contributed by atoms with van der Waals surface area (Å²) in [6.07, 6.45) is 3.39. The molecule has 0 bridgehead atoms. The van der Waals surface area contributed by atoms with Crippen LogP contribution in [0.4, 0.5) is 5.69 Å². The minimum Gasteiger partial charge on any atom is -0.457 e. The van der Waals surface area contributed by atoms with E-state index in [9.17, 15) is 9.59 Å². The Hall–Kier alpha value is -2.88. The normalized spacial score (nSPS) is 17.2. The quantitative estimate of drug-likeness (QED) is 0.796. The molecule has 0 radical (unpaired) electrons. The van der Waals surface area contributed by atoms with Gasteiger partial charge in [-0.1, -0.05) is 18.2 Å². The molecule has 0 saturated carbocycles. The number of nitrogens with zero attached hydrogens (tertiary/aromatic N) is 1. The molecular weight excluding hydrogens is 302 g/mol. The molecule has 0 unspecified atom stereocenters. The molecule has 4 nitrogen and oxygen atoms in total. The molecule has 0 spiro atoms. The number of carbonyl (C=O) groups is 2.